The Balaban J connectivity index is 2.80. The third-order valence-electron chi connectivity index (χ3n) is 4.38. The van der Waals surface area contributed by atoms with Gasteiger partial charge in [0, 0.05) is 17.0 Å². The van der Waals surface area contributed by atoms with Gasteiger partial charge in [-0.2, -0.15) is 0 Å². The number of rotatable bonds is 5. The zero-order chi connectivity index (χ0) is 18.8. The van der Waals surface area contributed by atoms with Crippen molar-refractivity contribution in [2.45, 2.75) is 61.3 Å². The van der Waals surface area contributed by atoms with E-state index in [1.807, 2.05) is 6.92 Å². The van der Waals surface area contributed by atoms with Crippen molar-refractivity contribution < 1.29 is 4.79 Å². The summed E-state index contributed by atoms with van der Waals surface area (Å²) in [7, 11) is 0. The van der Waals surface area contributed by atoms with Crippen molar-refractivity contribution in [3.63, 3.8) is 0 Å². The van der Waals surface area contributed by atoms with E-state index in [0.29, 0.717) is 5.92 Å². The number of carbonyl (C=O) groups excluding carboxylic acids is 1. The van der Waals surface area contributed by atoms with Crippen LogP contribution >= 0.6 is 0 Å². The van der Waals surface area contributed by atoms with Gasteiger partial charge in [-0.25, -0.2) is 0 Å². The molecule has 0 aliphatic carbocycles. The molecular formula is C23H31NO. The summed E-state index contributed by atoms with van der Waals surface area (Å²) in [5.74, 6) is 0.526. The van der Waals surface area contributed by atoms with Gasteiger partial charge in [0.15, 0.2) is 6.29 Å². The van der Waals surface area contributed by atoms with Gasteiger partial charge in [-0.05, 0) is 54.7 Å². The van der Waals surface area contributed by atoms with E-state index in [1.54, 1.807) is 0 Å². The van der Waals surface area contributed by atoms with Gasteiger partial charge >= 0.3 is 0 Å². The van der Waals surface area contributed by atoms with Crippen LogP contribution in [0.3, 0.4) is 0 Å². The fourth-order valence-electron chi connectivity index (χ4n) is 3.29. The van der Waals surface area contributed by atoms with Crippen LogP contribution in [0, 0.1) is 25.2 Å². The van der Waals surface area contributed by atoms with E-state index in [9.17, 15) is 4.79 Å². The molecule has 1 heterocycles. The lowest BCUT2D eigenvalue weighted by molar-refractivity contribution is 0.112. The fourth-order valence-corrected chi connectivity index (χ4v) is 3.29. The first-order valence-corrected chi connectivity index (χ1v) is 9.17. The Bertz CT molecular complexity index is 749. The molecule has 0 radical (unpaired) electrons. The molecule has 0 aliphatic rings. The summed E-state index contributed by atoms with van der Waals surface area (Å²) in [6, 6.07) is 8.48. The number of hydrogen-bond acceptors (Lipinski definition) is 2. The normalized spacial score (nSPS) is 11.8. The van der Waals surface area contributed by atoms with Crippen molar-refractivity contribution in [2.24, 2.45) is 11.3 Å². The predicted octanol–water partition coefficient (Wildman–Crippen LogP) is 5.97. The molecule has 0 N–H and O–H groups in total. The number of aromatic nitrogens is 1. The highest BCUT2D eigenvalue weighted by atomic mass is 16.1. The molecule has 1 aromatic carbocycles. The van der Waals surface area contributed by atoms with Crippen LogP contribution in [0.5, 0.6) is 0 Å². The number of carbonyl (C=O) groups is 1. The van der Waals surface area contributed by atoms with Crippen LogP contribution in [-0.2, 0) is 12.8 Å². The molecule has 0 spiro atoms. The molecule has 0 saturated carbocycles. The van der Waals surface area contributed by atoms with Crippen molar-refractivity contribution in [1.29, 1.82) is 0 Å². The van der Waals surface area contributed by atoms with Crippen LogP contribution in [0.15, 0.2) is 24.3 Å². The van der Waals surface area contributed by atoms with E-state index in [4.69, 9.17) is 4.98 Å². The molecule has 2 aromatic rings. The molecule has 134 valence electrons. The lowest BCUT2D eigenvalue weighted by Crippen LogP contribution is -2.16. The highest BCUT2D eigenvalue weighted by Crippen LogP contribution is 2.35. The van der Waals surface area contributed by atoms with Crippen molar-refractivity contribution in [1.82, 2.24) is 4.98 Å². The van der Waals surface area contributed by atoms with Crippen LogP contribution in [0.25, 0.3) is 11.1 Å². The maximum atomic E-state index is 11.9. The summed E-state index contributed by atoms with van der Waals surface area (Å²) in [6.45, 7) is 15.2. The molecule has 0 aliphatic heterocycles. The van der Waals surface area contributed by atoms with Crippen molar-refractivity contribution >= 4 is 6.29 Å². The molecule has 0 unspecified atom stereocenters. The number of aldehydes is 1. The standard InChI is InChI=1S/C23H31NO/c1-15(2)12-21-19(13-23(5,6)7)22(20(14-25)17(4)24-21)18-10-8-16(3)9-11-18/h8-11,14-15H,12-13H2,1-7H3. The monoisotopic (exact) mass is 337 g/mol. The summed E-state index contributed by atoms with van der Waals surface area (Å²) in [4.78, 5) is 16.7. The summed E-state index contributed by atoms with van der Waals surface area (Å²) in [5.41, 5.74) is 7.48. The Labute approximate surface area is 152 Å². The van der Waals surface area contributed by atoms with Crippen LogP contribution in [-0.4, -0.2) is 11.3 Å². The number of hydrogen-bond donors (Lipinski definition) is 0. The molecule has 2 heteroatoms. The van der Waals surface area contributed by atoms with Crippen LogP contribution in [0.4, 0.5) is 0 Å². The molecule has 0 atom stereocenters. The third-order valence-corrected chi connectivity index (χ3v) is 4.38. The SMILES string of the molecule is Cc1ccc(-c2c(C=O)c(C)nc(CC(C)C)c2CC(C)(C)C)cc1. The number of benzene rings is 1. The quantitative estimate of drug-likeness (QED) is 0.630. The van der Waals surface area contributed by atoms with Crippen molar-refractivity contribution in [3.05, 3.63) is 52.3 Å². The molecule has 2 rings (SSSR count). The summed E-state index contributed by atoms with van der Waals surface area (Å²) >= 11 is 0. The van der Waals surface area contributed by atoms with E-state index < -0.39 is 0 Å². The first-order chi connectivity index (χ1) is 11.6. The fraction of sp³-hybridized carbons (Fsp3) is 0.478. The number of pyridine rings is 1. The first-order valence-electron chi connectivity index (χ1n) is 9.17. The molecular weight excluding hydrogens is 306 g/mol. The second kappa shape index (κ2) is 7.51. The highest BCUT2D eigenvalue weighted by Gasteiger charge is 2.23. The number of aryl methyl sites for hydroxylation is 2. The minimum atomic E-state index is 0.127. The zero-order valence-corrected chi connectivity index (χ0v) is 16.7. The zero-order valence-electron chi connectivity index (χ0n) is 16.7. The molecule has 0 amide bonds. The van der Waals surface area contributed by atoms with Crippen LogP contribution in [0.2, 0.25) is 0 Å². The van der Waals surface area contributed by atoms with Crippen LogP contribution < -0.4 is 0 Å². The maximum absolute atomic E-state index is 11.9. The maximum Gasteiger partial charge on any atom is 0.152 e. The van der Waals surface area contributed by atoms with E-state index in [0.717, 1.165) is 47.2 Å². The van der Waals surface area contributed by atoms with Gasteiger partial charge in [0.2, 0.25) is 0 Å². The minimum Gasteiger partial charge on any atom is -0.298 e. The van der Waals surface area contributed by atoms with Gasteiger partial charge in [0.1, 0.15) is 0 Å². The third kappa shape index (κ3) is 4.78. The van der Waals surface area contributed by atoms with Gasteiger partial charge in [-0.3, -0.25) is 9.78 Å². The largest absolute Gasteiger partial charge is 0.298 e. The molecule has 25 heavy (non-hydrogen) atoms. The Morgan fingerprint density at radius 1 is 1.08 bits per heavy atom. The Kier molecular flexibility index (Phi) is 5.82. The second-order valence-electron chi connectivity index (χ2n) is 8.73. The van der Waals surface area contributed by atoms with Gasteiger partial charge in [0.05, 0.1) is 0 Å². The van der Waals surface area contributed by atoms with Gasteiger partial charge < -0.3 is 0 Å². The molecule has 1 aromatic heterocycles. The van der Waals surface area contributed by atoms with Crippen LogP contribution in [0.1, 0.15) is 67.5 Å². The van der Waals surface area contributed by atoms with E-state index in [1.165, 1.54) is 11.1 Å². The first kappa shape index (κ1) is 19.4. The Morgan fingerprint density at radius 3 is 2.16 bits per heavy atom. The summed E-state index contributed by atoms with van der Waals surface area (Å²) in [6.07, 6.45) is 2.82. The van der Waals surface area contributed by atoms with Crippen molar-refractivity contribution in [2.75, 3.05) is 0 Å². The van der Waals surface area contributed by atoms with E-state index in [-0.39, 0.29) is 5.41 Å². The lowest BCUT2D eigenvalue weighted by atomic mass is 9.81. The molecule has 2 nitrogen and oxygen atoms in total. The Morgan fingerprint density at radius 2 is 1.68 bits per heavy atom. The topological polar surface area (TPSA) is 30.0 Å². The summed E-state index contributed by atoms with van der Waals surface area (Å²) < 4.78 is 0. The smallest absolute Gasteiger partial charge is 0.152 e. The molecule has 0 saturated heterocycles. The van der Waals surface area contributed by atoms with E-state index >= 15 is 0 Å². The Hall–Kier alpha value is -1.96. The minimum absolute atomic E-state index is 0.127. The molecule has 0 bridgehead atoms. The van der Waals surface area contributed by atoms with E-state index in [2.05, 4.69) is 65.8 Å². The predicted molar refractivity (Wildman–Crippen MR) is 106 cm³/mol. The molecule has 0 fully saturated rings. The number of nitrogens with zero attached hydrogens (tertiary/aromatic N) is 1. The highest BCUT2D eigenvalue weighted by molar-refractivity contribution is 5.90. The second-order valence-corrected chi connectivity index (χ2v) is 8.73. The summed E-state index contributed by atoms with van der Waals surface area (Å²) in [5, 5.41) is 0. The van der Waals surface area contributed by atoms with Gasteiger partial charge in [0.25, 0.3) is 0 Å². The van der Waals surface area contributed by atoms with Gasteiger partial charge in [-0.15, -0.1) is 0 Å². The average Bonchev–Trinajstić information content (AvgIpc) is 2.48. The van der Waals surface area contributed by atoms with Crippen molar-refractivity contribution in [3.8, 4) is 11.1 Å². The lowest BCUT2D eigenvalue weighted by Gasteiger charge is -2.25. The van der Waals surface area contributed by atoms with Gasteiger partial charge in [-0.1, -0.05) is 64.4 Å². The average molecular weight is 338 g/mol.